The van der Waals surface area contributed by atoms with Crippen LogP contribution in [0.15, 0.2) is 29.5 Å². The summed E-state index contributed by atoms with van der Waals surface area (Å²) in [5.41, 5.74) is 1.83. The molecule has 0 aromatic heterocycles. The number of fused-ring (bicyclic) bond motifs is 1. The average molecular weight is 406 g/mol. The molecule has 1 aromatic carbocycles. The number of hydrogen-bond acceptors (Lipinski definition) is 6. The summed E-state index contributed by atoms with van der Waals surface area (Å²) < 4.78 is 16.1. The van der Waals surface area contributed by atoms with Crippen molar-refractivity contribution in [2.45, 2.75) is 13.0 Å². The highest BCUT2D eigenvalue weighted by molar-refractivity contribution is 7.99. The maximum absolute atomic E-state index is 12.8. The predicted molar refractivity (Wildman–Crippen MR) is 104 cm³/mol. The minimum atomic E-state index is -0.601. The van der Waals surface area contributed by atoms with Crippen molar-refractivity contribution < 1.29 is 28.7 Å². The zero-order valence-electron chi connectivity index (χ0n) is 15.7. The van der Waals surface area contributed by atoms with Gasteiger partial charge in [0.2, 0.25) is 6.79 Å². The Morgan fingerprint density at radius 2 is 2.07 bits per heavy atom. The first-order valence-electron chi connectivity index (χ1n) is 9.44. The normalized spacial score (nSPS) is 21.9. The Morgan fingerprint density at radius 3 is 2.86 bits per heavy atom. The summed E-state index contributed by atoms with van der Waals surface area (Å²) in [6, 6.07) is 4.51. The second-order valence-corrected chi connectivity index (χ2v) is 8.02. The summed E-state index contributed by atoms with van der Waals surface area (Å²) in [5.74, 6) is 3.00. The Labute approximate surface area is 167 Å². The van der Waals surface area contributed by atoms with Crippen molar-refractivity contribution in [3.8, 4) is 11.5 Å². The van der Waals surface area contributed by atoms with E-state index in [1.165, 1.54) is 4.90 Å². The Morgan fingerprint density at radius 1 is 1.29 bits per heavy atom. The van der Waals surface area contributed by atoms with Crippen LogP contribution in [0.3, 0.4) is 0 Å². The number of amides is 2. The lowest BCUT2D eigenvalue weighted by molar-refractivity contribution is -0.891. The Hall–Kier alpha value is -2.39. The number of carbonyl (C=O) groups excluding carboxylic acids is 2. The van der Waals surface area contributed by atoms with Crippen molar-refractivity contribution in [3.63, 3.8) is 0 Å². The van der Waals surface area contributed by atoms with E-state index in [-0.39, 0.29) is 19.4 Å². The zero-order valence-corrected chi connectivity index (χ0v) is 16.5. The topological polar surface area (TPSA) is 90.3 Å². The lowest BCUT2D eigenvalue weighted by atomic mass is 9.94. The van der Waals surface area contributed by atoms with Crippen LogP contribution in [-0.2, 0) is 9.53 Å². The van der Waals surface area contributed by atoms with E-state index in [4.69, 9.17) is 14.2 Å². The highest BCUT2D eigenvalue weighted by atomic mass is 32.2. The van der Waals surface area contributed by atoms with E-state index in [2.05, 4.69) is 10.6 Å². The van der Waals surface area contributed by atoms with Gasteiger partial charge >= 0.3 is 12.0 Å². The van der Waals surface area contributed by atoms with Gasteiger partial charge in [-0.25, -0.2) is 9.59 Å². The third-order valence-electron chi connectivity index (χ3n) is 5.01. The van der Waals surface area contributed by atoms with E-state index in [9.17, 15) is 9.59 Å². The van der Waals surface area contributed by atoms with E-state index in [0.717, 1.165) is 30.2 Å². The van der Waals surface area contributed by atoms with Crippen LogP contribution in [0.2, 0.25) is 0 Å². The molecule has 3 N–H and O–H groups in total. The molecule has 0 unspecified atom stereocenters. The second kappa shape index (κ2) is 8.32. The summed E-state index contributed by atoms with van der Waals surface area (Å²) >= 11 is 1.93. The predicted octanol–water partition coefficient (Wildman–Crippen LogP) is 0.218. The van der Waals surface area contributed by atoms with Crippen LogP contribution >= 0.6 is 11.8 Å². The molecule has 150 valence electrons. The van der Waals surface area contributed by atoms with Gasteiger partial charge in [0, 0.05) is 11.5 Å². The SMILES string of the molecule is CCOC(=O)C1=C(C[NH+]2CCSCC2)NC(=O)N[C@H]1c1ccc2c(c1)OCO2. The first-order chi connectivity index (χ1) is 13.7. The molecule has 0 saturated carbocycles. The van der Waals surface area contributed by atoms with E-state index in [1.54, 1.807) is 19.1 Å². The monoisotopic (exact) mass is 406 g/mol. The summed E-state index contributed by atoms with van der Waals surface area (Å²) in [4.78, 5) is 26.6. The molecular formula is C19H24N3O5S+. The fourth-order valence-corrected chi connectivity index (χ4v) is 4.71. The smallest absolute Gasteiger partial charge is 0.338 e. The molecule has 8 nitrogen and oxygen atoms in total. The van der Waals surface area contributed by atoms with E-state index < -0.39 is 12.0 Å². The quantitative estimate of drug-likeness (QED) is 0.606. The minimum absolute atomic E-state index is 0.166. The third-order valence-corrected chi connectivity index (χ3v) is 5.99. The highest BCUT2D eigenvalue weighted by Crippen LogP contribution is 2.37. The van der Waals surface area contributed by atoms with Crippen molar-refractivity contribution >= 4 is 23.8 Å². The number of nitrogens with one attached hydrogen (secondary N) is 3. The number of esters is 1. The molecular weight excluding hydrogens is 382 g/mol. The number of rotatable bonds is 5. The summed E-state index contributed by atoms with van der Waals surface area (Å²) in [6.45, 7) is 4.80. The molecule has 1 saturated heterocycles. The van der Waals surface area contributed by atoms with Gasteiger partial charge in [-0.2, -0.15) is 11.8 Å². The van der Waals surface area contributed by atoms with Gasteiger partial charge in [0.15, 0.2) is 11.5 Å². The average Bonchev–Trinajstić information content (AvgIpc) is 3.16. The lowest BCUT2D eigenvalue weighted by Crippen LogP contribution is -3.14. The summed E-state index contributed by atoms with van der Waals surface area (Å²) in [5, 5.41) is 5.71. The summed E-state index contributed by atoms with van der Waals surface area (Å²) in [6.07, 6.45) is 0. The van der Waals surface area contributed by atoms with Crippen molar-refractivity contribution in [3.05, 3.63) is 35.0 Å². The van der Waals surface area contributed by atoms with Crippen LogP contribution in [-0.4, -0.2) is 56.5 Å². The number of ether oxygens (including phenoxy) is 3. The first kappa shape index (κ1) is 18.9. The van der Waals surface area contributed by atoms with E-state index in [0.29, 0.717) is 29.3 Å². The minimum Gasteiger partial charge on any atom is -0.463 e. The molecule has 3 heterocycles. The van der Waals surface area contributed by atoms with Crippen LogP contribution in [0.4, 0.5) is 4.79 Å². The zero-order chi connectivity index (χ0) is 19.5. The summed E-state index contributed by atoms with van der Waals surface area (Å²) in [7, 11) is 0. The molecule has 1 fully saturated rings. The molecule has 4 rings (SSSR count). The Bertz CT molecular complexity index is 807. The molecule has 0 aliphatic carbocycles. The number of carbonyl (C=O) groups is 2. The fraction of sp³-hybridized carbons (Fsp3) is 0.474. The van der Waals surface area contributed by atoms with Gasteiger partial charge in [-0.15, -0.1) is 0 Å². The van der Waals surface area contributed by atoms with Gasteiger partial charge in [-0.3, -0.25) is 0 Å². The van der Waals surface area contributed by atoms with Gasteiger partial charge in [0.1, 0.15) is 6.54 Å². The van der Waals surface area contributed by atoms with Crippen molar-refractivity contribution in [2.75, 3.05) is 44.5 Å². The van der Waals surface area contributed by atoms with Crippen LogP contribution in [0.1, 0.15) is 18.5 Å². The fourth-order valence-electron chi connectivity index (χ4n) is 3.64. The van der Waals surface area contributed by atoms with Crippen molar-refractivity contribution in [1.29, 1.82) is 0 Å². The van der Waals surface area contributed by atoms with Crippen molar-refractivity contribution in [2.24, 2.45) is 0 Å². The lowest BCUT2D eigenvalue weighted by Gasteiger charge is -2.31. The third kappa shape index (κ3) is 3.90. The molecule has 3 aliphatic rings. The molecule has 9 heteroatoms. The second-order valence-electron chi connectivity index (χ2n) is 6.80. The molecule has 2 amide bonds. The van der Waals surface area contributed by atoms with Crippen LogP contribution in [0.25, 0.3) is 0 Å². The van der Waals surface area contributed by atoms with Gasteiger partial charge in [0.25, 0.3) is 0 Å². The largest absolute Gasteiger partial charge is 0.463 e. The molecule has 0 spiro atoms. The molecule has 0 radical (unpaired) electrons. The van der Waals surface area contributed by atoms with Gasteiger partial charge in [-0.1, -0.05) is 6.07 Å². The van der Waals surface area contributed by atoms with Gasteiger partial charge in [-0.05, 0) is 24.6 Å². The molecule has 28 heavy (non-hydrogen) atoms. The highest BCUT2D eigenvalue weighted by Gasteiger charge is 2.36. The van der Waals surface area contributed by atoms with Crippen LogP contribution in [0, 0.1) is 0 Å². The van der Waals surface area contributed by atoms with Crippen LogP contribution in [0.5, 0.6) is 11.5 Å². The Kier molecular flexibility index (Phi) is 5.63. The molecule has 3 aliphatic heterocycles. The van der Waals surface area contributed by atoms with Crippen LogP contribution < -0.4 is 25.0 Å². The van der Waals surface area contributed by atoms with E-state index >= 15 is 0 Å². The van der Waals surface area contributed by atoms with Crippen molar-refractivity contribution in [1.82, 2.24) is 10.6 Å². The molecule has 0 bridgehead atoms. The number of benzene rings is 1. The van der Waals surface area contributed by atoms with Gasteiger partial charge in [0.05, 0.1) is 37.0 Å². The first-order valence-corrected chi connectivity index (χ1v) is 10.6. The number of hydrogen-bond donors (Lipinski definition) is 3. The standard InChI is InChI=1S/C19H23N3O5S/c1-2-25-18(23)16-13(10-22-5-7-28-8-6-22)20-19(24)21-17(16)12-3-4-14-15(9-12)27-11-26-14/h3-4,9,17H,2,5-8,10-11H2,1H3,(H2,20,21,24)/p+1/t17-/m0/s1. The van der Waals surface area contributed by atoms with E-state index in [1.807, 2.05) is 17.8 Å². The Balaban J connectivity index is 1.70. The number of urea groups is 1. The molecule has 1 atom stereocenters. The number of quaternary nitrogens is 1. The maximum Gasteiger partial charge on any atom is 0.338 e. The van der Waals surface area contributed by atoms with Gasteiger partial charge < -0.3 is 29.7 Å². The molecule has 1 aromatic rings. The maximum atomic E-state index is 12.8. The number of thioether (sulfide) groups is 1.